The summed E-state index contributed by atoms with van der Waals surface area (Å²) in [7, 11) is 0. The largest absolute Gasteiger partial charge is 0.452 e. The molecule has 2 aromatic rings. The van der Waals surface area contributed by atoms with Crippen LogP contribution in [0.3, 0.4) is 0 Å². The molecule has 1 atom stereocenters. The van der Waals surface area contributed by atoms with E-state index in [0.29, 0.717) is 0 Å². The number of hydrogen-bond acceptors (Lipinski definition) is 4. The number of carbonyl (C=O) groups is 2. The van der Waals surface area contributed by atoms with Crippen LogP contribution in [0.4, 0.5) is 14.5 Å². The van der Waals surface area contributed by atoms with E-state index in [-0.39, 0.29) is 17.9 Å². The summed E-state index contributed by atoms with van der Waals surface area (Å²) in [5.41, 5.74) is 3.03. The number of benzene rings is 2. The average molecular weight is 377 g/mol. The fraction of sp³-hybridized carbons (Fsp3) is 0.300. The summed E-state index contributed by atoms with van der Waals surface area (Å²) in [6.45, 7) is 2.30. The van der Waals surface area contributed by atoms with E-state index in [4.69, 9.17) is 4.74 Å². The Morgan fingerprint density at radius 1 is 1.07 bits per heavy atom. The van der Waals surface area contributed by atoms with Gasteiger partial charge in [0.2, 0.25) is 0 Å². The van der Waals surface area contributed by atoms with E-state index in [1.54, 1.807) is 6.07 Å². The van der Waals surface area contributed by atoms with Gasteiger partial charge in [-0.05, 0) is 49.6 Å². The van der Waals surface area contributed by atoms with E-state index in [1.807, 2.05) is 32.0 Å². The van der Waals surface area contributed by atoms with Crippen molar-refractivity contribution in [3.8, 4) is 5.75 Å². The number of anilines is 1. The summed E-state index contributed by atoms with van der Waals surface area (Å²) in [6.07, 6.45) is -1.06. The molecule has 2 rings (SSSR count). The van der Waals surface area contributed by atoms with Gasteiger partial charge < -0.3 is 14.8 Å². The molecule has 0 spiro atoms. The molecule has 0 saturated heterocycles. The lowest BCUT2D eigenvalue weighted by molar-refractivity contribution is -0.152. The minimum absolute atomic E-state index is 0.0316. The predicted molar refractivity (Wildman–Crippen MR) is 96.9 cm³/mol. The number of amides is 1. The van der Waals surface area contributed by atoms with Crippen LogP contribution in [0, 0.1) is 13.8 Å². The summed E-state index contributed by atoms with van der Waals surface area (Å²) < 4.78 is 34.3. The summed E-state index contributed by atoms with van der Waals surface area (Å²) in [5.74, 6) is -1.37. The molecule has 1 amide bonds. The van der Waals surface area contributed by atoms with Crippen molar-refractivity contribution in [3.05, 3.63) is 59.2 Å². The first kappa shape index (κ1) is 20.4. The number of halogens is 2. The molecule has 0 saturated carbocycles. The van der Waals surface area contributed by atoms with Crippen LogP contribution in [0.25, 0.3) is 0 Å². The number of esters is 1. The van der Waals surface area contributed by atoms with E-state index in [2.05, 4.69) is 10.1 Å². The minimum Gasteiger partial charge on any atom is -0.452 e. The van der Waals surface area contributed by atoms with Crippen molar-refractivity contribution in [2.75, 3.05) is 5.32 Å². The average Bonchev–Trinajstić information content (AvgIpc) is 2.59. The van der Waals surface area contributed by atoms with Gasteiger partial charge in [0.05, 0.1) is 12.1 Å². The Labute approximate surface area is 156 Å². The number of rotatable bonds is 7. The second-order valence-corrected chi connectivity index (χ2v) is 6.09. The molecule has 0 heterocycles. The quantitative estimate of drug-likeness (QED) is 0.741. The molecule has 1 N–H and O–H groups in total. The molecule has 7 heteroatoms. The second-order valence-electron chi connectivity index (χ2n) is 6.09. The highest BCUT2D eigenvalue weighted by molar-refractivity contribution is 5.96. The van der Waals surface area contributed by atoms with E-state index >= 15 is 0 Å². The number of alkyl halides is 2. The second kappa shape index (κ2) is 9.12. The number of ether oxygens (including phenoxy) is 2. The van der Waals surface area contributed by atoms with Gasteiger partial charge in [-0.25, -0.2) is 0 Å². The number of nitrogens with one attached hydrogen (secondary N) is 1. The van der Waals surface area contributed by atoms with Crippen LogP contribution < -0.4 is 10.1 Å². The molecular formula is C20H21F2NO4. The molecule has 0 radical (unpaired) electrons. The van der Waals surface area contributed by atoms with Gasteiger partial charge in [-0.15, -0.1) is 0 Å². The van der Waals surface area contributed by atoms with Crippen LogP contribution in [0.5, 0.6) is 5.75 Å². The Kier molecular flexibility index (Phi) is 6.87. The zero-order chi connectivity index (χ0) is 20.0. The Morgan fingerprint density at radius 3 is 2.44 bits per heavy atom. The first-order valence-electron chi connectivity index (χ1n) is 8.36. The Bertz CT molecular complexity index is 823. The maximum Gasteiger partial charge on any atom is 0.387 e. The summed E-state index contributed by atoms with van der Waals surface area (Å²) >= 11 is 0. The van der Waals surface area contributed by atoms with E-state index in [1.165, 1.54) is 25.1 Å². The minimum atomic E-state index is -3.02. The lowest BCUT2D eigenvalue weighted by Gasteiger charge is -2.16. The Balaban J connectivity index is 1.95. The standard InChI is InChI=1S/C20H21F2NO4/c1-12-8-9-15(10-13(12)2)11-18(24)26-14(3)19(25)23-16-6-4-5-7-17(16)27-20(21)22/h4-10,14,20H,11H2,1-3H3,(H,23,25)/t14-/m1/s1. The first-order valence-corrected chi connectivity index (χ1v) is 8.36. The topological polar surface area (TPSA) is 64.6 Å². The van der Waals surface area contributed by atoms with E-state index in [0.717, 1.165) is 16.7 Å². The van der Waals surface area contributed by atoms with Crippen molar-refractivity contribution in [1.82, 2.24) is 0 Å². The first-order chi connectivity index (χ1) is 12.8. The molecule has 0 aliphatic carbocycles. The van der Waals surface area contributed by atoms with Gasteiger partial charge >= 0.3 is 12.6 Å². The van der Waals surface area contributed by atoms with Crippen molar-refractivity contribution in [3.63, 3.8) is 0 Å². The third-order valence-electron chi connectivity index (χ3n) is 3.96. The van der Waals surface area contributed by atoms with Gasteiger partial charge in [-0.1, -0.05) is 30.3 Å². The lowest BCUT2D eigenvalue weighted by Crippen LogP contribution is -2.30. The fourth-order valence-electron chi connectivity index (χ4n) is 2.38. The maximum atomic E-state index is 12.4. The number of para-hydroxylation sites is 2. The molecule has 0 bridgehead atoms. The molecule has 0 aromatic heterocycles. The van der Waals surface area contributed by atoms with Crippen LogP contribution in [-0.4, -0.2) is 24.6 Å². The summed E-state index contributed by atoms with van der Waals surface area (Å²) in [5, 5.41) is 2.43. The molecule has 144 valence electrons. The van der Waals surface area contributed by atoms with Gasteiger partial charge in [0.15, 0.2) is 6.10 Å². The van der Waals surface area contributed by atoms with Crippen LogP contribution in [0.15, 0.2) is 42.5 Å². The number of hydrogen-bond donors (Lipinski definition) is 1. The van der Waals surface area contributed by atoms with E-state index < -0.39 is 24.6 Å². The Hall–Kier alpha value is -2.96. The zero-order valence-electron chi connectivity index (χ0n) is 15.3. The monoisotopic (exact) mass is 377 g/mol. The van der Waals surface area contributed by atoms with Crippen LogP contribution in [0.2, 0.25) is 0 Å². The molecule has 0 unspecified atom stereocenters. The Morgan fingerprint density at radius 2 is 1.78 bits per heavy atom. The van der Waals surface area contributed by atoms with Gasteiger partial charge in [0, 0.05) is 0 Å². The predicted octanol–water partition coefficient (Wildman–Crippen LogP) is 4.02. The highest BCUT2D eigenvalue weighted by atomic mass is 19.3. The van der Waals surface area contributed by atoms with Crippen molar-refractivity contribution in [2.24, 2.45) is 0 Å². The number of aryl methyl sites for hydroxylation is 2. The molecule has 0 aliphatic heterocycles. The van der Waals surface area contributed by atoms with Gasteiger partial charge in [0.25, 0.3) is 5.91 Å². The fourth-order valence-corrected chi connectivity index (χ4v) is 2.38. The SMILES string of the molecule is Cc1ccc(CC(=O)O[C@H](C)C(=O)Nc2ccccc2OC(F)F)cc1C. The van der Waals surface area contributed by atoms with Crippen LogP contribution in [0.1, 0.15) is 23.6 Å². The van der Waals surface area contributed by atoms with Crippen molar-refractivity contribution in [2.45, 2.75) is 39.9 Å². The van der Waals surface area contributed by atoms with Crippen molar-refractivity contribution < 1.29 is 27.8 Å². The maximum absolute atomic E-state index is 12.4. The lowest BCUT2D eigenvalue weighted by atomic mass is 10.0. The van der Waals surface area contributed by atoms with Crippen molar-refractivity contribution >= 4 is 17.6 Å². The van der Waals surface area contributed by atoms with Crippen LogP contribution in [-0.2, 0) is 20.7 Å². The molecular weight excluding hydrogens is 356 g/mol. The highest BCUT2D eigenvalue weighted by Gasteiger charge is 2.20. The van der Waals surface area contributed by atoms with E-state index in [9.17, 15) is 18.4 Å². The van der Waals surface area contributed by atoms with Crippen molar-refractivity contribution in [1.29, 1.82) is 0 Å². The van der Waals surface area contributed by atoms with Gasteiger partial charge in [-0.3, -0.25) is 9.59 Å². The third-order valence-corrected chi connectivity index (χ3v) is 3.96. The highest BCUT2D eigenvalue weighted by Crippen LogP contribution is 2.25. The normalized spacial score (nSPS) is 11.8. The third kappa shape index (κ3) is 6.06. The summed E-state index contributed by atoms with van der Waals surface area (Å²) in [4.78, 5) is 24.3. The molecule has 0 aliphatic rings. The van der Waals surface area contributed by atoms with Gasteiger partial charge in [0.1, 0.15) is 5.75 Å². The zero-order valence-corrected chi connectivity index (χ0v) is 15.3. The van der Waals surface area contributed by atoms with Crippen LogP contribution >= 0.6 is 0 Å². The number of carbonyl (C=O) groups excluding carboxylic acids is 2. The van der Waals surface area contributed by atoms with Gasteiger partial charge in [-0.2, -0.15) is 8.78 Å². The smallest absolute Gasteiger partial charge is 0.387 e. The summed E-state index contributed by atoms with van der Waals surface area (Å²) in [6, 6.07) is 11.4. The molecule has 5 nitrogen and oxygen atoms in total. The molecule has 2 aromatic carbocycles. The molecule has 0 fully saturated rings. The molecule has 27 heavy (non-hydrogen) atoms.